The van der Waals surface area contributed by atoms with Gasteiger partial charge in [-0.15, -0.1) is 0 Å². The minimum absolute atomic E-state index is 0.330. The second-order valence-corrected chi connectivity index (χ2v) is 6.39. The van der Waals surface area contributed by atoms with E-state index >= 15 is 0 Å². The number of rotatable bonds is 4. The molecule has 0 bridgehead atoms. The quantitative estimate of drug-likeness (QED) is 0.670. The van der Waals surface area contributed by atoms with Crippen LogP contribution in [0, 0.1) is 0 Å². The molecule has 0 amide bonds. The average Bonchev–Trinajstić information content (AvgIpc) is 2.46. The number of hydrogen-bond acceptors (Lipinski definition) is 4. The number of sulfonamides is 1. The molecule has 19 heavy (non-hydrogen) atoms. The normalized spacial score (nSPS) is 17.7. The average molecular weight is 281 g/mol. The molecule has 1 N–H and O–H groups in total. The maximum atomic E-state index is 12.6. The lowest BCUT2D eigenvalue weighted by Crippen LogP contribution is -2.36. The van der Waals surface area contributed by atoms with Crippen LogP contribution in [0.2, 0.25) is 0 Å². The number of nitrogens with zero attached hydrogens (tertiary/aromatic N) is 2. The standard InChI is InChI=1S/C13H19N3O2S/c1-14-15-11-12-7-3-4-8-13(12)19(17,18)16-9-5-2-6-10-16/h3-4,7-8,11,14H,2,5-6,9-10H2,1H3. The molecule has 0 radical (unpaired) electrons. The van der Waals surface area contributed by atoms with Crippen molar-refractivity contribution >= 4 is 16.2 Å². The molecule has 0 atom stereocenters. The first-order valence-electron chi connectivity index (χ1n) is 6.45. The van der Waals surface area contributed by atoms with E-state index in [0.29, 0.717) is 23.5 Å². The van der Waals surface area contributed by atoms with Crippen molar-refractivity contribution in [3.8, 4) is 0 Å². The first-order chi connectivity index (χ1) is 9.16. The van der Waals surface area contributed by atoms with Crippen LogP contribution in [0.15, 0.2) is 34.3 Å². The molecule has 2 rings (SSSR count). The molecule has 0 saturated carbocycles. The zero-order chi connectivity index (χ0) is 13.7. The molecule has 1 saturated heterocycles. The number of benzene rings is 1. The summed E-state index contributed by atoms with van der Waals surface area (Å²) in [6.45, 7) is 1.22. The maximum absolute atomic E-state index is 12.6. The maximum Gasteiger partial charge on any atom is 0.243 e. The summed E-state index contributed by atoms with van der Waals surface area (Å²) in [5.41, 5.74) is 3.25. The van der Waals surface area contributed by atoms with Crippen LogP contribution in [-0.4, -0.2) is 39.1 Å². The van der Waals surface area contributed by atoms with Gasteiger partial charge < -0.3 is 5.43 Å². The Morgan fingerprint density at radius 2 is 1.89 bits per heavy atom. The van der Waals surface area contributed by atoms with Gasteiger partial charge in [0.2, 0.25) is 10.0 Å². The van der Waals surface area contributed by atoms with Gasteiger partial charge in [-0.1, -0.05) is 24.6 Å². The molecule has 0 aromatic heterocycles. The van der Waals surface area contributed by atoms with Crippen LogP contribution in [0.1, 0.15) is 24.8 Å². The van der Waals surface area contributed by atoms with Gasteiger partial charge in [-0.05, 0) is 18.9 Å². The highest BCUT2D eigenvalue weighted by atomic mass is 32.2. The van der Waals surface area contributed by atoms with Crippen molar-refractivity contribution in [2.75, 3.05) is 20.1 Å². The highest BCUT2D eigenvalue weighted by Gasteiger charge is 2.27. The van der Waals surface area contributed by atoms with E-state index in [1.54, 1.807) is 29.6 Å². The van der Waals surface area contributed by atoms with Gasteiger partial charge in [0.05, 0.1) is 11.1 Å². The van der Waals surface area contributed by atoms with E-state index in [4.69, 9.17) is 0 Å². The number of hydrazone groups is 1. The molecule has 1 aromatic rings. The predicted octanol–water partition coefficient (Wildman–Crippen LogP) is 1.41. The Morgan fingerprint density at radius 1 is 1.21 bits per heavy atom. The molecule has 6 heteroatoms. The predicted molar refractivity (Wildman–Crippen MR) is 75.7 cm³/mol. The van der Waals surface area contributed by atoms with Crippen LogP contribution in [0.4, 0.5) is 0 Å². The van der Waals surface area contributed by atoms with Crippen LogP contribution in [0.5, 0.6) is 0 Å². The van der Waals surface area contributed by atoms with Gasteiger partial charge in [0.25, 0.3) is 0 Å². The summed E-state index contributed by atoms with van der Waals surface area (Å²) in [6, 6.07) is 6.96. The Kier molecular flexibility index (Phi) is 4.55. The van der Waals surface area contributed by atoms with E-state index in [-0.39, 0.29) is 0 Å². The highest BCUT2D eigenvalue weighted by Crippen LogP contribution is 2.22. The van der Waals surface area contributed by atoms with Gasteiger partial charge in [-0.2, -0.15) is 9.41 Å². The lowest BCUT2D eigenvalue weighted by atomic mass is 10.2. The monoisotopic (exact) mass is 281 g/mol. The zero-order valence-corrected chi connectivity index (χ0v) is 11.9. The zero-order valence-electron chi connectivity index (χ0n) is 11.0. The molecule has 1 aliphatic heterocycles. The fraction of sp³-hybridized carbons (Fsp3) is 0.462. The molecule has 5 nitrogen and oxygen atoms in total. The van der Waals surface area contributed by atoms with Gasteiger partial charge in [0.1, 0.15) is 0 Å². The fourth-order valence-corrected chi connectivity index (χ4v) is 3.89. The van der Waals surface area contributed by atoms with E-state index in [2.05, 4.69) is 10.5 Å². The fourth-order valence-electron chi connectivity index (χ4n) is 2.20. The van der Waals surface area contributed by atoms with E-state index < -0.39 is 10.0 Å². The van der Waals surface area contributed by atoms with Crippen LogP contribution in [0.25, 0.3) is 0 Å². The van der Waals surface area contributed by atoms with Crippen molar-refractivity contribution in [3.63, 3.8) is 0 Å². The Labute approximate surface area is 114 Å². The molecule has 0 aliphatic carbocycles. The summed E-state index contributed by atoms with van der Waals surface area (Å²) in [7, 11) is -1.73. The summed E-state index contributed by atoms with van der Waals surface area (Å²) in [6.07, 6.45) is 4.52. The van der Waals surface area contributed by atoms with Crippen molar-refractivity contribution in [2.24, 2.45) is 5.10 Å². The highest BCUT2D eigenvalue weighted by molar-refractivity contribution is 7.89. The minimum atomic E-state index is -3.41. The summed E-state index contributed by atoms with van der Waals surface area (Å²) < 4.78 is 26.8. The lowest BCUT2D eigenvalue weighted by molar-refractivity contribution is 0.346. The Morgan fingerprint density at radius 3 is 2.58 bits per heavy atom. The number of piperidine rings is 1. The summed E-state index contributed by atoms with van der Waals surface area (Å²) in [4.78, 5) is 0.330. The minimum Gasteiger partial charge on any atom is -0.313 e. The SMILES string of the molecule is CNN=Cc1ccccc1S(=O)(=O)N1CCCCC1. The van der Waals surface area contributed by atoms with Crippen molar-refractivity contribution < 1.29 is 8.42 Å². The number of nitrogens with one attached hydrogen (secondary N) is 1. The molecule has 0 spiro atoms. The molecular weight excluding hydrogens is 262 g/mol. The Hall–Kier alpha value is -1.40. The summed E-state index contributed by atoms with van der Waals surface area (Å²) in [5, 5.41) is 3.90. The van der Waals surface area contributed by atoms with E-state index in [9.17, 15) is 8.42 Å². The first-order valence-corrected chi connectivity index (χ1v) is 7.89. The van der Waals surface area contributed by atoms with Gasteiger partial charge in [-0.3, -0.25) is 0 Å². The smallest absolute Gasteiger partial charge is 0.243 e. The van der Waals surface area contributed by atoms with E-state index in [0.717, 1.165) is 19.3 Å². The molecule has 1 heterocycles. The van der Waals surface area contributed by atoms with Gasteiger partial charge in [-0.25, -0.2) is 8.42 Å². The number of hydrogen-bond donors (Lipinski definition) is 1. The third kappa shape index (κ3) is 3.13. The Bertz CT molecular complexity index is 549. The lowest BCUT2D eigenvalue weighted by Gasteiger charge is -2.26. The molecule has 1 aromatic carbocycles. The Balaban J connectivity index is 2.36. The van der Waals surface area contributed by atoms with Crippen LogP contribution in [-0.2, 0) is 10.0 Å². The molecule has 0 unspecified atom stereocenters. The summed E-state index contributed by atoms with van der Waals surface area (Å²) >= 11 is 0. The molecule has 104 valence electrons. The third-order valence-electron chi connectivity index (χ3n) is 3.18. The third-order valence-corrected chi connectivity index (χ3v) is 5.16. The molecule has 1 fully saturated rings. The second kappa shape index (κ2) is 6.16. The van der Waals surface area contributed by atoms with Gasteiger partial charge in [0.15, 0.2) is 0 Å². The first kappa shape index (κ1) is 14.0. The van der Waals surface area contributed by atoms with Crippen molar-refractivity contribution in [3.05, 3.63) is 29.8 Å². The second-order valence-electron chi connectivity index (χ2n) is 4.48. The van der Waals surface area contributed by atoms with E-state index in [1.165, 1.54) is 6.21 Å². The van der Waals surface area contributed by atoms with Gasteiger partial charge >= 0.3 is 0 Å². The van der Waals surface area contributed by atoms with Crippen molar-refractivity contribution in [1.82, 2.24) is 9.73 Å². The van der Waals surface area contributed by atoms with Gasteiger partial charge in [0, 0.05) is 25.7 Å². The van der Waals surface area contributed by atoms with Crippen LogP contribution in [0.3, 0.4) is 0 Å². The van der Waals surface area contributed by atoms with Crippen LogP contribution < -0.4 is 5.43 Å². The molecule has 1 aliphatic rings. The van der Waals surface area contributed by atoms with E-state index in [1.807, 2.05) is 6.07 Å². The van der Waals surface area contributed by atoms with Crippen molar-refractivity contribution in [2.45, 2.75) is 24.2 Å². The van der Waals surface area contributed by atoms with Crippen molar-refractivity contribution in [1.29, 1.82) is 0 Å². The summed E-state index contributed by atoms with van der Waals surface area (Å²) in [5.74, 6) is 0. The largest absolute Gasteiger partial charge is 0.313 e. The topological polar surface area (TPSA) is 61.8 Å². The molecular formula is C13H19N3O2S. The van der Waals surface area contributed by atoms with Crippen LogP contribution >= 0.6 is 0 Å².